The van der Waals surface area contributed by atoms with E-state index in [2.05, 4.69) is 19.4 Å². The number of carbonyl (C=O) groups excluding carboxylic acids is 4. The number of terminal acetylenes is 1. The highest BCUT2D eigenvalue weighted by molar-refractivity contribution is 5.90. The van der Waals surface area contributed by atoms with Gasteiger partial charge in [0.25, 0.3) is 0 Å². The molecule has 4 rings (SSSR count). The third-order valence-electron chi connectivity index (χ3n) is 10.3. The lowest BCUT2D eigenvalue weighted by Gasteiger charge is -2.40. The van der Waals surface area contributed by atoms with Gasteiger partial charge in [0, 0.05) is 6.08 Å². The summed E-state index contributed by atoms with van der Waals surface area (Å²) in [6, 6.07) is 6.41. The molecule has 250 valence electrons. The Kier molecular flexibility index (Phi) is 13.3. The van der Waals surface area contributed by atoms with Gasteiger partial charge < -0.3 is 18.9 Å². The van der Waals surface area contributed by atoms with Crippen molar-refractivity contribution in [3.8, 4) is 18.1 Å². The zero-order valence-electron chi connectivity index (χ0n) is 27.3. The summed E-state index contributed by atoms with van der Waals surface area (Å²) in [7, 11) is 0. The maximum absolute atomic E-state index is 13.0. The molecule has 0 N–H and O–H groups in total. The number of unbranched alkanes of at least 4 members (excludes halogenated alkanes) is 2. The molecule has 8 heteroatoms. The number of hydrogen-bond donors (Lipinski definition) is 0. The van der Waals surface area contributed by atoms with Gasteiger partial charge in [0.15, 0.2) is 5.60 Å². The highest BCUT2D eigenvalue weighted by Gasteiger charge is 2.40. The number of esters is 4. The smallest absolute Gasteiger partial charge is 0.339 e. The van der Waals surface area contributed by atoms with Crippen molar-refractivity contribution in [2.75, 3.05) is 13.2 Å². The van der Waals surface area contributed by atoms with Crippen LogP contribution in [-0.4, -0.2) is 42.7 Å². The SMILES string of the molecule is C#CC1(OC(=O)c2ccc(OC(=O)C3CCC(C(=O)OCCCCCOC(=O)C=C)CC3)cc2)CCC(C2CCC(C)CC2)CC1. The van der Waals surface area contributed by atoms with Gasteiger partial charge in [-0.3, -0.25) is 9.59 Å². The molecule has 0 spiro atoms. The van der Waals surface area contributed by atoms with Gasteiger partial charge in [-0.1, -0.05) is 32.3 Å². The summed E-state index contributed by atoms with van der Waals surface area (Å²) in [5.74, 6) is 3.43. The van der Waals surface area contributed by atoms with Crippen LogP contribution in [0.3, 0.4) is 0 Å². The van der Waals surface area contributed by atoms with Crippen LogP contribution in [0.15, 0.2) is 36.9 Å². The molecule has 0 saturated heterocycles. The minimum atomic E-state index is -0.866. The summed E-state index contributed by atoms with van der Waals surface area (Å²) in [5.41, 5.74) is -0.497. The van der Waals surface area contributed by atoms with E-state index in [-0.39, 0.29) is 23.8 Å². The normalized spacial score (nSPS) is 27.8. The number of rotatable bonds is 13. The molecule has 3 saturated carbocycles. The Morgan fingerprint density at radius 3 is 1.96 bits per heavy atom. The van der Waals surface area contributed by atoms with E-state index in [1.807, 2.05) is 0 Å². The van der Waals surface area contributed by atoms with Crippen LogP contribution in [0, 0.1) is 41.9 Å². The molecule has 0 radical (unpaired) electrons. The zero-order chi connectivity index (χ0) is 32.9. The van der Waals surface area contributed by atoms with Crippen LogP contribution < -0.4 is 4.74 Å². The Morgan fingerprint density at radius 1 is 0.804 bits per heavy atom. The van der Waals surface area contributed by atoms with Gasteiger partial charge in [-0.15, -0.1) is 6.42 Å². The van der Waals surface area contributed by atoms with Crippen molar-refractivity contribution in [1.82, 2.24) is 0 Å². The topological polar surface area (TPSA) is 105 Å². The average Bonchev–Trinajstić information content (AvgIpc) is 3.08. The Balaban J connectivity index is 1.14. The van der Waals surface area contributed by atoms with Gasteiger partial charge in [0.05, 0.1) is 30.6 Å². The fourth-order valence-corrected chi connectivity index (χ4v) is 7.17. The molecule has 3 aliphatic carbocycles. The zero-order valence-corrected chi connectivity index (χ0v) is 27.3. The molecule has 0 aliphatic heterocycles. The summed E-state index contributed by atoms with van der Waals surface area (Å²) >= 11 is 0. The van der Waals surface area contributed by atoms with Crippen molar-refractivity contribution in [3.63, 3.8) is 0 Å². The van der Waals surface area contributed by atoms with Crippen molar-refractivity contribution < 1.29 is 38.1 Å². The average molecular weight is 635 g/mol. The second kappa shape index (κ2) is 17.4. The van der Waals surface area contributed by atoms with E-state index in [0.29, 0.717) is 81.8 Å². The Morgan fingerprint density at radius 2 is 1.37 bits per heavy atom. The minimum Gasteiger partial charge on any atom is -0.465 e. The second-order valence-electron chi connectivity index (χ2n) is 13.5. The van der Waals surface area contributed by atoms with Gasteiger partial charge in [-0.25, -0.2) is 9.59 Å². The largest absolute Gasteiger partial charge is 0.465 e. The molecular weight excluding hydrogens is 584 g/mol. The fraction of sp³-hybridized carbons (Fsp3) is 0.632. The van der Waals surface area contributed by atoms with E-state index >= 15 is 0 Å². The summed E-state index contributed by atoms with van der Waals surface area (Å²) in [4.78, 5) is 49.3. The number of hydrogen-bond acceptors (Lipinski definition) is 8. The molecule has 46 heavy (non-hydrogen) atoms. The first kappa shape index (κ1) is 35.3. The quantitative estimate of drug-likeness (QED) is 0.0553. The summed E-state index contributed by atoms with van der Waals surface area (Å²) in [5, 5.41) is 0. The first-order chi connectivity index (χ1) is 22.2. The first-order valence-corrected chi connectivity index (χ1v) is 17.2. The fourth-order valence-electron chi connectivity index (χ4n) is 7.17. The Labute approximate surface area is 274 Å². The lowest BCUT2D eigenvalue weighted by atomic mass is 9.68. The highest BCUT2D eigenvalue weighted by Crippen LogP contribution is 2.43. The predicted molar refractivity (Wildman–Crippen MR) is 174 cm³/mol. The molecule has 0 aromatic heterocycles. The van der Waals surface area contributed by atoms with Gasteiger partial charge in [-0.2, -0.15) is 0 Å². The van der Waals surface area contributed by atoms with Crippen LogP contribution in [0.5, 0.6) is 5.75 Å². The van der Waals surface area contributed by atoms with E-state index < -0.39 is 17.5 Å². The number of ether oxygens (including phenoxy) is 4. The monoisotopic (exact) mass is 634 g/mol. The summed E-state index contributed by atoms with van der Waals surface area (Å²) in [6.45, 7) is 6.33. The number of carbonyl (C=O) groups is 4. The van der Waals surface area contributed by atoms with E-state index in [9.17, 15) is 19.2 Å². The molecule has 0 heterocycles. The molecule has 8 nitrogen and oxygen atoms in total. The molecule has 0 bridgehead atoms. The predicted octanol–water partition coefficient (Wildman–Crippen LogP) is 7.39. The van der Waals surface area contributed by atoms with Crippen LogP contribution in [0.25, 0.3) is 0 Å². The van der Waals surface area contributed by atoms with Crippen LogP contribution in [-0.2, 0) is 28.6 Å². The molecule has 0 atom stereocenters. The molecule has 3 fully saturated rings. The lowest BCUT2D eigenvalue weighted by molar-refractivity contribution is -0.152. The molecule has 0 unspecified atom stereocenters. The van der Waals surface area contributed by atoms with Crippen molar-refractivity contribution in [1.29, 1.82) is 0 Å². The summed E-state index contributed by atoms with van der Waals surface area (Å²) < 4.78 is 21.9. The first-order valence-electron chi connectivity index (χ1n) is 17.2. The minimum absolute atomic E-state index is 0.222. The van der Waals surface area contributed by atoms with E-state index in [0.717, 1.165) is 37.2 Å². The highest BCUT2D eigenvalue weighted by atomic mass is 16.6. The van der Waals surface area contributed by atoms with Gasteiger partial charge in [0.2, 0.25) is 0 Å². The second-order valence-corrected chi connectivity index (χ2v) is 13.5. The third-order valence-corrected chi connectivity index (χ3v) is 10.3. The molecule has 3 aliphatic rings. The molecule has 1 aromatic rings. The summed E-state index contributed by atoms with van der Waals surface area (Å²) in [6.07, 6.45) is 20.0. The van der Waals surface area contributed by atoms with E-state index in [4.69, 9.17) is 25.4 Å². The van der Waals surface area contributed by atoms with Crippen LogP contribution in [0.4, 0.5) is 0 Å². The number of benzene rings is 1. The van der Waals surface area contributed by atoms with E-state index in [1.165, 1.54) is 25.7 Å². The molecule has 0 amide bonds. The van der Waals surface area contributed by atoms with Crippen LogP contribution >= 0.6 is 0 Å². The third kappa shape index (κ3) is 10.2. The van der Waals surface area contributed by atoms with Crippen molar-refractivity contribution >= 4 is 23.9 Å². The lowest BCUT2D eigenvalue weighted by Crippen LogP contribution is -2.39. The van der Waals surface area contributed by atoms with Crippen LogP contribution in [0.1, 0.15) is 114 Å². The van der Waals surface area contributed by atoms with Crippen molar-refractivity contribution in [3.05, 3.63) is 42.5 Å². The van der Waals surface area contributed by atoms with Crippen molar-refractivity contribution in [2.45, 2.75) is 109 Å². The van der Waals surface area contributed by atoms with Crippen LogP contribution in [0.2, 0.25) is 0 Å². The molecule has 1 aromatic carbocycles. The van der Waals surface area contributed by atoms with E-state index in [1.54, 1.807) is 24.3 Å². The standard InChI is InChI=1S/C38H50O8/c1-4-34(39)43-25-7-6-8-26-44-35(40)30-13-15-31(16-14-30)36(41)45-33-19-17-32(18-20-33)37(42)46-38(5-2)23-21-29(22-24-38)28-11-9-27(3)10-12-28/h2,4,17-20,27-31H,1,6-16,21-26H2,3H3. The maximum Gasteiger partial charge on any atom is 0.339 e. The maximum atomic E-state index is 13.0. The Bertz CT molecular complexity index is 1220. The molecular formula is C38H50O8. The van der Waals surface area contributed by atoms with Gasteiger partial charge in [0.1, 0.15) is 5.75 Å². The van der Waals surface area contributed by atoms with Crippen molar-refractivity contribution in [2.24, 2.45) is 29.6 Å². The van der Waals surface area contributed by atoms with Gasteiger partial charge >= 0.3 is 23.9 Å². The van der Waals surface area contributed by atoms with Gasteiger partial charge in [-0.05, 0) is 125 Å². The Hall–Kier alpha value is -3.60.